The first-order valence-corrected chi connectivity index (χ1v) is 5.45. The quantitative estimate of drug-likeness (QED) is 0.713. The molecule has 0 aliphatic rings. The van der Waals surface area contributed by atoms with Crippen LogP contribution in [0.25, 0.3) is 11.3 Å². The molecule has 15 heavy (non-hydrogen) atoms. The maximum absolute atomic E-state index is 5.35. The van der Waals surface area contributed by atoms with Crippen LogP contribution in [0, 0.1) is 0 Å². The molecule has 0 radical (unpaired) electrons. The minimum Gasteiger partial charge on any atom is -0.464 e. The number of hydrogen-bond acceptors (Lipinski definition) is 1. The maximum atomic E-state index is 5.35. The van der Waals surface area contributed by atoms with Gasteiger partial charge in [-0.3, -0.25) is 0 Å². The second-order valence-corrected chi connectivity index (χ2v) is 3.91. The Morgan fingerprint density at radius 3 is 2.40 bits per heavy atom. The first kappa shape index (κ1) is 10.0. The zero-order chi connectivity index (χ0) is 10.7. The fourth-order valence-corrected chi connectivity index (χ4v) is 1.65. The number of hydrogen-bond donors (Lipinski definition) is 0. The molecule has 1 heteroatoms. The topological polar surface area (TPSA) is 13.1 Å². The molecular weight excluding hydrogens is 184 g/mol. The third kappa shape index (κ3) is 2.12. The molecule has 0 aliphatic carbocycles. The Balaban J connectivity index is 2.25. The lowest BCUT2D eigenvalue weighted by molar-refractivity contribution is 0.582. The van der Waals surface area contributed by atoms with Crippen molar-refractivity contribution in [3.63, 3.8) is 0 Å². The predicted octanol–water partition coefficient (Wildman–Crippen LogP) is 4.46. The van der Waals surface area contributed by atoms with Gasteiger partial charge in [-0.05, 0) is 30.0 Å². The summed E-state index contributed by atoms with van der Waals surface area (Å²) in [6, 6.07) is 12.5. The SMILES string of the molecule is CCC(C)c1ccc(-c2ccco2)cc1. The molecule has 2 rings (SSSR count). The highest BCUT2D eigenvalue weighted by atomic mass is 16.3. The van der Waals surface area contributed by atoms with Crippen molar-refractivity contribution in [3.8, 4) is 11.3 Å². The van der Waals surface area contributed by atoms with Crippen molar-refractivity contribution in [2.75, 3.05) is 0 Å². The van der Waals surface area contributed by atoms with Crippen molar-refractivity contribution in [1.29, 1.82) is 0 Å². The minimum absolute atomic E-state index is 0.635. The van der Waals surface area contributed by atoms with E-state index in [1.54, 1.807) is 6.26 Å². The Morgan fingerprint density at radius 1 is 1.13 bits per heavy atom. The zero-order valence-corrected chi connectivity index (χ0v) is 9.23. The molecular formula is C14H16O. The second kappa shape index (κ2) is 4.35. The standard InChI is InChI=1S/C14H16O/c1-3-11(2)12-6-8-13(9-7-12)14-5-4-10-15-14/h4-11H,3H2,1-2H3. The van der Waals surface area contributed by atoms with Gasteiger partial charge in [-0.25, -0.2) is 0 Å². The van der Waals surface area contributed by atoms with Crippen molar-refractivity contribution in [3.05, 3.63) is 48.2 Å². The van der Waals surface area contributed by atoms with E-state index in [0.29, 0.717) is 5.92 Å². The monoisotopic (exact) mass is 200 g/mol. The van der Waals surface area contributed by atoms with Crippen LogP contribution in [0.2, 0.25) is 0 Å². The van der Waals surface area contributed by atoms with Gasteiger partial charge in [0.15, 0.2) is 0 Å². The van der Waals surface area contributed by atoms with Crippen molar-refractivity contribution in [1.82, 2.24) is 0 Å². The fraction of sp³-hybridized carbons (Fsp3) is 0.286. The van der Waals surface area contributed by atoms with Crippen LogP contribution < -0.4 is 0 Å². The number of rotatable bonds is 3. The smallest absolute Gasteiger partial charge is 0.133 e. The van der Waals surface area contributed by atoms with Gasteiger partial charge in [0.1, 0.15) is 5.76 Å². The van der Waals surface area contributed by atoms with E-state index in [2.05, 4.69) is 38.1 Å². The minimum atomic E-state index is 0.635. The Hall–Kier alpha value is -1.50. The van der Waals surface area contributed by atoms with E-state index >= 15 is 0 Å². The summed E-state index contributed by atoms with van der Waals surface area (Å²) in [5.74, 6) is 1.57. The largest absolute Gasteiger partial charge is 0.464 e. The van der Waals surface area contributed by atoms with Crippen LogP contribution in [0.3, 0.4) is 0 Å². The Labute approximate surface area is 90.7 Å². The van der Waals surface area contributed by atoms with Gasteiger partial charge in [-0.1, -0.05) is 38.1 Å². The average Bonchev–Trinajstić information content (AvgIpc) is 2.82. The maximum Gasteiger partial charge on any atom is 0.133 e. The van der Waals surface area contributed by atoms with Crippen molar-refractivity contribution < 1.29 is 4.42 Å². The summed E-state index contributed by atoms with van der Waals surface area (Å²) in [5, 5.41) is 0. The van der Waals surface area contributed by atoms with Gasteiger partial charge in [0.25, 0.3) is 0 Å². The molecule has 1 aromatic heterocycles. The van der Waals surface area contributed by atoms with E-state index in [1.807, 2.05) is 12.1 Å². The van der Waals surface area contributed by atoms with Crippen LogP contribution in [-0.2, 0) is 0 Å². The summed E-state index contributed by atoms with van der Waals surface area (Å²) in [6.45, 7) is 4.47. The molecule has 2 aromatic rings. The summed E-state index contributed by atoms with van der Waals surface area (Å²) in [7, 11) is 0. The van der Waals surface area contributed by atoms with Crippen molar-refractivity contribution in [2.24, 2.45) is 0 Å². The van der Waals surface area contributed by atoms with E-state index in [9.17, 15) is 0 Å². The predicted molar refractivity (Wildman–Crippen MR) is 62.9 cm³/mol. The molecule has 0 bridgehead atoms. The Kier molecular flexibility index (Phi) is 2.91. The first-order valence-electron chi connectivity index (χ1n) is 5.45. The summed E-state index contributed by atoms with van der Waals surface area (Å²) in [6.07, 6.45) is 2.89. The summed E-state index contributed by atoms with van der Waals surface area (Å²) >= 11 is 0. The molecule has 1 nitrogen and oxygen atoms in total. The van der Waals surface area contributed by atoms with Crippen molar-refractivity contribution in [2.45, 2.75) is 26.2 Å². The second-order valence-electron chi connectivity index (χ2n) is 3.91. The van der Waals surface area contributed by atoms with Crippen LogP contribution in [-0.4, -0.2) is 0 Å². The third-order valence-corrected chi connectivity index (χ3v) is 2.90. The lowest BCUT2D eigenvalue weighted by Gasteiger charge is -2.08. The van der Waals surface area contributed by atoms with Crippen molar-refractivity contribution >= 4 is 0 Å². The van der Waals surface area contributed by atoms with Gasteiger partial charge in [-0.2, -0.15) is 0 Å². The summed E-state index contributed by atoms with van der Waals surface area (Å²) < 4.78 is 5.35. The molecule has 1 atom stereocenters. The highest BCUT2D eigenvalue weighted by molar-refractivity contribution is 5.57. The van der Waals surface area contributed by atoms with Crippen LogP contribution in [0.15, 0.2) is 47.1 Å². The van der Waals surface area contributed by atoms with Crippen LogP contribution in [0.5, 0.6) is 0 Å². The fourth-order valence-electron chi connectivity index (χ4n) is 1.65. The van der Waals surface area contributed by atoms with Gasteiger partial charge in [0, 0.05) is 5.56 Å². The van der Waals surface area contributed by atoms with E-state index < -0.39 is 0 Å². The summed E-state index contributed by atoms with van der Waals surface area (Å²) in [5.41, 5.74) is 2.54. The molecule has 0 fully saturated rings. The third-order valence-electron chi connectivity index (χ3n) is 2.90. The molecule has 0 N–H and O–H groups in total. The van der Waals surface area contributed by atoms with Gasteiger partial charge >= 0.3 is 0 Å². The van der Waals surface area contributed by atoms with E-state index in [4.69, 9.17) is 4.42 Å². The molecule has 1 unspecified atom stereocenters. The number of benzene rings is 1. The summed E-state index contributed by atoms with van der Waals surface area (Å²) in [4.78, 5) is 0. The molecule has 78 valence electrons. The molecule has 0 saturated heterocycles. The highest BCUT2D eigenvalue weighted by Gasteiger charge is 2.04. The average molecular weight is 200 g/mol. The van der Waals surface area contributed by atoms with Gasteiger partial charge in [0.2, 0.25) is 0 Å². The Morgan fingerprint density at radius 2 is 1.87 bits per heavy atom. The van der Waals surface area contributed by atoms with E-state index in [0.717, 1.165) is 11.3 Å². The van der Waals surface area contributed by atoms with Crippen LogP contribution in [0.4, 0.5) is 0 Å². The molecule has 0 saturated carbocycles. The Bertz CT molecular complexity index is 397. The molecule has 1 heterocycles. The molecule has 0 aliphatic heterocycles. The van der Waals surface area contributed by atoms with Gasteiger partial charge in [-0.15, -0.1) is 0 Å². The zero-order valence-electron chi connectivity index (χ0n) is 9.23. The molecule has 0 amide bonds. The van der Waals surface area contributed by atoms with Gasteiger partial charge < -0.3 is 4.42 Å². The normalized spacial score (nSPS) is 12.7. The van der Waals surface area contributed by atoms with Gasteiger partial charge in [0.05, 0.1) is 6.26 Å². The van der Waals surface area contributed by atoms with Crippen LogP contribution >= 0.6 is 0 Å². The lowest BCUT2D eigenvalue weighted by Crippen LogP contribution is -1.90. The first-order chi connectivity index (χ1) is 7.31. The number of furan rings is 1. The lowest BCUT2D eigenvalue weighted by atomic mass is 9.97. The van der Waals surface area contributed by atoms with E-state index in [1.165, 1.54) is 12.0 Å². The molecule has 0 spiro atoms. The van der Waals surface area contributed by atoms with E-state index in [-0.39, 0.29) is 0 Å². The molecule has 1 aromatic carbocycles. The van der Waals surface area contributed by atoms with Crippen LogP contribution in [0.1, 0.15) is 31.7 Å². The highest BCUT2D eigenvalue weighted by Crippen LogP contribution is 2.24.